The summed E-state index contributed by atoms with van der Waals surface area (Å²) in [5, 5.41) is 0. The Labute approximate surface area is 87.2 Å². The highest BCUT2D eigenvalue weighted by Gasteiger charge is 2.23. The Balaban J connectivity index is 2.08. The molecule has 1 aromatic rings. The number of pyridine rings is 1. The molecule has 0 aliphatic carbocycles. The number of halogens is 1. The molecule has 0 amide bonds. The predicted molar refractivity (Wildman–Crippen MR) is 51.7 cm³/mol. The zero-order valence-electron chi connectivity index (χ0n) is 8.23. The molecule has 1 aliphatic rings. The van der Waals surface area contributed by atoms with Gasteiger partial charge in [-0.15, -0.1) is 0 Å². The van der Waals surface area contributed by atoms with E-state index in [1.54, 1.807) is 6.20 Å². The minimum absolute atomic E-state index is 0.220. The van der Waals surface area contributed by atoms with Gasteiger partial charge in [-0.25, -0.2) is 4.39 Å². The van der Waals surface area contributed by atoms with Gasteiger partial charge in [-0.3, -0.25) is 4.98 Å². The molecule has 0 bridgehead atoms. The normalized spacial score (nSPS) is 23.7. The van der Waals surface area contributed by atoms with E-state index in [0.29, 0.717) is 25.4 Å². The second-order valence-electron chi connectivity index (χ2n) is 3.45. The van der Waals surface area contributed by atoms with Crippen LogP contribution in [0.4, 0.5) is 4.39 Å². The fraction of sp³-hybridized carbons (Fsp3) is 0.500. The van der Waals surface area contributed by atoms with Crippen LogP contribution in [0.1, 0.15) is 11.6 Å². The summed E-state index contributed by atoms with van der Waals surface area (Å²) in [6.45, 7) is 1.56. The molecule has 82 valence electrons. The van der Waals surface area contributed by atoms with Crippen LogP contribution in [-0.4, -0.2) is 30.9 Å². The fourth-order valence-corrected chi connectivity index (χ4v) is 1.54. The van der Waals surface area contributed by atoms with Gasteiger partial charge in [0, 0.05) is 6.20 Å². The number of rotatable bonds is 2. The van der Waals surface area contributed by atoms with Gasteiger partial charge in [0.05, 0.1) is 32.1 Å². The van der Waals surface area contributed by atoms with Crippen LogP contribution in [-0.2, 0) is 9.47 Å². The fourth-order valence-electron chi connectivity index (χ4n) is 1.54. The predicted octanol–water partition coefficient (Wildman–Crippen LogP) is 0.636. The molecular formula is C10H13FN2O2. The number of hydrogen-bond donors (Lipinski definition) is 1. The molecule has 1 fully saturated rings. The van der Waals surface area contributed by atoms with Gasteiger partial charge in [-0.2, -0.15) is 0 Å². The van der Waals surface area contributed by atoms with Crippen LogP contribution in [0.5, 0.6) is 0 Å². The van der Waals surface area contributed by atoms with Gasteiger partial charge in [0.1, 0.15) is 11.9 Å². The zero-order chi connectivity index (χ0) is 10.7. The van der Waals surface area contributed by atoms with Crippen LogP contribution >= 0.6 is 0 Å². The first kappa shape index (κ1) is 10.5. The van der Waals surface area contributed by atoms with Crippen LogP contribution in [0.25, 0.3) is 0 Å². The van der Waals surface area contributed by atoms with Crippen molar-refractivity contribution >= 4 is 0 Å². The van der Waals surface area contributed by atoms with Crippen molar-refractivity contribution in [1.82, 2.24) is 4.98 Å². The quantitative estimate of drug-likeness (QED) is 0.781. The minimum atomic E-state index is -0.395. The number of ether oxygens (including phenoxy) is 2. The third-order valence-electron chi connectivity index (χ3n) is 2.35. The smallest absolute Gasteiger partial charge is 0.141 e. The standard InChI is InChI=1S/C10H13FN2O2/c11-8-3-7(4-13-5-8)10(12)9-6-14-1-2-15-9/h3-5,9-10H,1-2,6,12H2. The number of aromatic nitrogens is 1. The molecule has 2 atom stereocenters. The molecule has 2 N–H and O–H groups in total. The summed E-state index contributed by atoms with van der Waals surface area (Å²) in [7, 11) is 0. The molecule has 15 heavy (non-hydrogen) atoms. The lowest BCUT2D eigenvalue weighted by Gasteiger charge is -2.27. The Hall–Kier alpha value is -1.04. The maximum absolute atomic E-state index is 12.9. The van der Waals surface area contributed by atoms with E-state index in [1.165, 1.54) is 6.07 Å². The van der Waals surface area contributed by atoms with Crippen molar-refractivity contribution in [2.75, 3.05) is 19.8 Å². The Morgan fingerprint density at radius 2 is 2.33 bits per heavy atom. The summed E-state index contributed by atoms with van der Waals surface area (Å²) in [6.07, 6.45) is 2.47. The highest BCUT2D eigenvalue weighted by molar-refractivity contribution is 5.16. The van der Waals surface area contributed by atoms with Crippen LogP contribution in [0.3, 0.4) is 0 Å². The van der Waals surface area contributed by atoms with Crippen molar-refractivity contribution in [2.24, 2.45) is 5.73 Å². The molecule has 1 aliphatic heterocycles. The van der Waals surface area contributed by atoms with Crippen molar-refractivity contribution < 1.29 is 13.9 Å². The molecule has 5 heteroatoms. The molecule has 2 unspecified atom stereocenters. The zero-order valence-corrected chi connectivity index (χ0v) is 8.23. The number of hydrogen-bond acceptors (Lipinski definition) is 4. The van der Waals surface area contributed by atoms with E-state index in [9.17, 15) is 4.39 Å². The largest absolute Gasteiger partial charge is 0.376 e. The highest BCUT2D eigenvalue weighted by Crippen LogP contribution is 2.18. The summed E-state index contributed by atoms with van der Waals surface area (Å²) in [6, 6.07) is 0.976. The summed E-state index contributed by atoms with van der Waals surface area (Å²) < 4.78 is 23.6. The van der Waals surface area contributed by atoms with Gasteiger partial charge in [-0.1, -0.05) is 0 Å². The SMILES string of the molecule is NC(c1cncc(F)c1)C1COCCO1. The maximum atomic E-state index is 12.9. The summed E-state index contributed by atoms with van der Waals surface area (Å²) in [5.74, 6) is -0.389. The summed E-state index contributed by atoms with van der Waals surface area (Å²) >= 11 is 0. The van der Waals surface area contributed by atoms with Crippen LogP contribution in [0.2, 0.25) is 0 Å². The average Bonchev–Trinajstić information content (AvgIpc) is 2.29. The van der Waals surface area contributed by atoms with E-state index in [1.807, 2.05) is 0 Å². The number of nitrogens with two attached hydrogens (primary N) is 1. The highest BCUT2D eigenvalue weighted by atomic mass is 19.1. The third-order valence-corrected chi connectivity index (χ3v) is 2.35. The Kier molecular flexibility index (Phi) is 3.25. The van der Waals surface area contributed by atoms with E-state index in [-0.39, 0.29) is 11.9 Å². The molecule has 0 spiro atoms. The van der Waals surface area contributed by atoms with Crippen molar-refractivity contribution in [2.45, 2.75) is 12.1 Å². The first-order valence-electron chi connectivity index (χ1n) is 4.83. The van der Waals surface area contributed by atoms with Crippen LogP contribution in [0, 0.1) is 5.82 Å². The van der Waals surface area contributed by atoms with E-state index in [4.69, 9.17) is 15.2 Å². The number of nitrogens with zero attached hydrogens (tertiary/aromatic N) is 1. The molecule has 2 heterocycles. The van der Waals surface area contributed by atoms with Gasteiger partial charge in [0.25, 0.3) is 0 Å². The van der Waals surface area contributed by atoms with Gasteiger partial charge >= 0.3 is 0 Å². The Morgan fingerprint density at radius 3 is 3.00 bits per heavy atom. The lowest BCUT2D eigenvalue weighted by molar-refractivity contribution is -0.0976. The van der Waals surface area contributed by atoms with Crippen LogP contribution < -0.4 is 5.73 Å². The van der Waals surface area contributed by atoms with Crippen molar-refractivity contribution in [3.8, 4) is 0 Å². The van der Waals surface area contributed by atoms with Gasteiger partial charge in [0.2, 0.25) is 0 Å². The molecule has 0 aromatic carbocycles. The van der Waals surface area contributed by atoms with E-state index < -0.39 is 6.04 Å². The van der Waals surface area contributed by atoms with Gasteiger partial charge in [-0.05, 0) is 11.6 Å². The summed E-state index contributed by atoms with van der Waals surface area (Å²) in [4.78, 5) is 3.75. The van der Waals surface area contributed by atoms with E-state index in [0.717, 1.165) is 6.20 Å². The topological polar surface area (TPSA) is 57.4 Å². The lowest BCUT2D eigenvalue weighted by atomic mass is 10.0. The summed E-state index contributed by atoms with van der Waals surface area (Å²) in [5.41, 5.74) is 6.56. The minimum Gasteiger partial charge on any atom is -0.376 e. The Bertz CT molecular complexity index is 329. The van der Waals surface area contributed by atoms with Crippen LogP contribution in [0.15, 0.2) is 18.5 Å². The van der Waals surface area contributed by atoms with Crippen molar-refractivity contribution in [1.29, 1.82) is 0 Å². The first-order valence-corrected chi connectivity index (χ1v) is 4.83. The molecule has 0 radical (unpaired) electrons. The molecule has 0 saturated carbocycles. The second kappa shape index (κ2) is 4.65. The molecule has 1 saturated heterocycles. The molecular weight excluding hydrogens is 199 g/mol. The molecule has 4 nitrogen and oxygen atoms in total. The lowest BCUT2D eigenvalue weighted by Crippen LogP contribution is -2.37. The van der Waals surface area contributed by atoms with E-state index >= 15 is 0 Å². The average molecular weight is 212 g/mol. The second-order valence-corrected chi connectivity index (χ2v) is 3.45. The molecule has 1 aromatic heterocycles. The van der Waals surface area contributed by atoms with Gasteiger partial charge < -0.3 is 15.2 Å². The maximum Gasteiger partial charge on any atom is 0.141 e. The van der Waals surface area contributed by atoms with Crippen molar-refractivity contribution in [3.05, 3.63) is 29.8 Å². The molecule has 2 rings (SSSR count). The van der Waals surface area contributed by atoms with Gasteiger partial charge in [0.15, 0.2) is 0 Å². The van der Waals surface area contributed by atoms with E-state index in [2.05, 4.69) is 4.98 Å². The van der Waals surface area contributed by atoms with Crippen molar-refractivity contribution in [3.63, 3.8) is 0 Å². The Morgan fingerprint density at radius 1 is 1.47 bits per heavy atom. The monoisotopic (exact) mass is 212 g/mol. The third kappa shape index (κ3) is 2.50. The first-order chi connectivity index (χ1) is 7.27.